The van der Waals surface area contributed by atoms with E-state index in [1.807, 2.05) is 26.0 Å². The molecular weight excluding hydrogens is 250 g/mol. The SMILES string of the molecule is COc1cc(N2CCN[C@H](C)C2)ccc1C(C)(C)C#N. The van der Waals surface area contributed by atoms with Crippen LogP contribution in [0.5, 0.6) is 5.75 Å². The van der Waals surface area contributed by atoms with Gasteiger partial charge in [0.25, 0.3) is 0 Å². The molecule has 0 bridgehead atoms. The van der Waals surface area contributed by atoms with Crippen LogP contribution in [0.4, 0.5) is 5.69 Å². The van der Waals surface area contributed by atoms with Gasteiger partial charge in [-0.05, 0) is 26.8 Å². The summed E-state index contributed by atoms with van der Waals surface area (Å²) in [6.07, 6.45) is 0. The molecule has 0 unspecified atom stereocenters. The lowest BCUT2D eigenvalue weighted by Gasteiger charge is -2.34. The first-order chi connectivity index (χ1) is 9.47. The van der Waals surface area contributed by atoms with Crippen LogP contribution in [0.25, 0.3) is 0 Å². The van der Waals surface area contributed by atoms with E-state index in [9.17, 15) is 5.26 Å². The van der Waals surface area contributed by atoms with Crippen molar-refractivity contribution in [3.05, 3.63) is 23.8 Å². The van der Waals surface area contributed by atoms with Gasteiger partial charge in [-0.2, -0.15) is 5.26 Å². The Kier molecular flexibility index (Phi) is 4.20. The van der Waals surface area contributed by atoms with Crippen LogP contribution in [0.2, 0.25) is 0 Å². The van der Waals surface area contributed by atoms with Gasteiger partial charge >= 0.3 is 0 Å². The second-order valence-corrected chi connectivity index (χ2v) is 5.92. The molecule has 1 fully saturated rings. The number of hydrogen-bond donors (Lipinski definition) is 1. The molecule has 0 radical (unpaired) electrons. The first-order valence-electron chi connectivity index (χ1n) is 7.06. The van der Waals surface area contributed by atoms with E-state index in [1.54, 1.807) is 7.11 Å². The van der Waals surface area contributed by atoms with E-state index in [0.29, 0.717) is 6.04 Å². The van der Waals surface area contributed by atoms with Gasteiger partial charge in [0.05, 0.1) is 18.6 Å². The van der Waals surface area contributed by atoms with E-state index in [1.165, 1.54) is 0 Å². The largest absolute Gasteiger partial charge is 0.496 e. The van der Waals surface area contributed by atoms with Crippen LogP contribution in [0.15, 0.2) is 18.2 Å². The van der Waals surface area contributed by atoms with Gasteiger partial charge in [-0.25, -0.2) is 0 Å². The molecule has 1 aliphatic heterocycles. The highest BCUT2D eigenvalue weighted by atomic mass is 16.5. The van der Waals surface area contributed by atoms with Gasteiger partial charge in [0.2, 0.25) is 0 Å². The molecule has 1 aliphatic rings. The molecule has 1 N–H and O–H groups in total. The van der Waals surface area contributed by atoms with Crippen LogP contribution in [0.3, 0.4) is 0 Å². The maximum Gasteiger partial charge on any atom is 0.125 e. The lowest BCUT2D eigenvalue weighted by Crippen LogP contribution is -2.49. The summed E-state index contributed by atoms with van der Waals surface area (Å²) < 4.78 is 5.50. The minimum absolute atomic E-state index is 0.491. The van der Waals surface area contributed by atoms with Crippen molar-refractivity contribution >= 4 is 5.69 Å². The van der Waals surface area contributed by atoms with Crippen molar-refractivity contribution in [1.82, 2.24) is 5.32 Å². The summed E-state index contributed by atoms with van der Waals surface area (Å²) in [6, 6.07) is 8.98. The van der Waals surface area contributed by atoms with Gasteiger partial charge < -0.3 is 15.0 Å². The minimum Gasteiger partial charge on any atom is -0.496 e. The molecule has 0 aliphatic carbocycles. The maximum atomic E-state index is 9.30. The number of nitriles is 1. The van der Waals surface area contributed by atoms with Gasteiger partial charge in [-0.15, -0.1) is 0 Å². The second-order valence-electron chi connectivity index (χ2n) is 5.92. The summed E-state index contributed by atoms with van der Waals surface area (Å²) in [5.74, 6) is 0.792. The number of benzene rings is 1. The number of piperazine rings is 1. The molecule has 4 heteroatoms. The molecule has 108 valence electrons. The Hall–Kier alpha value is -1.73. The summed E-state index contributed by atoms with van der Waals surface area (Å²) in [6.45, 7) is 9.00. The molecule has 1 aromatic carbocycles. The van der Waals surface area contributed by atoms with Crippen molar-refractivity contribution in [2.24, 2.45) is 0 Å². The first kappa shape index (κ1) is 14.7. The van der Waals surface area contributed by atoms with E-state index in [4.69, 9.17) is 4.74 Å². The highest BCUT2D eigenvalue weighted by molar-refractivity contribution is 5.56. The summed E-state index contributed by atoms with van der Waals surface area (Å²) in [5, 5.41) is 12.7. The van der Waals surface area contributed by atoms with Crippen molar-refractivity contribution in [3.8, 4) is 11.8 Å². The predicted molar refractivity (Wildman–Crippen MR) is 81.3 cm³/mol. The fourth-order valence-electron chi connectivity index (χ4n) is 2.62. The van der Waals surface area contributed by atoms with Crippen LogP contribution < -0.4 is 15.0 Å². The van der Waals surface area contributed by atoms with Gasteiger partial charge in [0.1, 0.15) is 5.75 Å². The fraction of sp³-hybridized carbons (Fsp3) is 0.562. The van der Waals surface area contributed by atoms with Crippen molar-refractivity contribution < 1.29 is 4.74 Å². The molecular formula is C16H23N3O. The zero-order valence-corrected chi connectivity index (χ0v) is 12.7. The molecule has 4 nitrogen and oxygen atoms in total. The topological polar surface area (TPSA) is 48.3 Å². The highest BCUT2D eigenvalue weighted by Gasteiger charge is 2.25. The average Bonchev–Trinajstić information content (AvgIpc) is 2.46. The lowest BCUT2D eigenvalue weighted by atomic mass is 9.85. The molecule has 20 heavy (non-hydrogen) atoms. The molecule has 1 saturated heterocycles. The molecule has 0 amide bonds. The predicted octanol–water partition coefficient (Wildman–Crippen LogP) is 2.29. The van der Waals surface area contributed by atoms with Crippen LogP contribution >= 0.6 is 0 Å². The van der Waals surface area contributed by atoms with E-state index in [-0.39, 0.29) is 0 Å². The quantitative estimate of drug-likeness (QED) is 0.918. The third kappa shape index (κ3) is 2.88. The highest BCUT2D eigenvalue weighted by Crippen LogP contribution is 2.34. The Morgan fingerprint density at radius 3 is 2.80 bits per heavy atom. The van der Waals surface area contributed by atoms with E-state index in [0.717, 1.165) is 36.6 Å². The zero-order chi connectivity index (χ0) is 14.8. The van der Waals surface area contributed by atoms with Gasteiger partial charge in [-0.3, -0.25) is 0 Å². The van der Waals surface area contributed by atoms with E-state index in [2.05, 4.69) is 29.3 Å². The summed E-state index contributed by atoms with van der Waals surface area (Å²) in [7, 11) is 1.66. The third-order valence-electron chi connectivity index (χ3n) is 3.87. The van der Waals surface area contributed by atoms with Crippen molar-refractivity contribution in [2.75, 3.05) is 31.6 Å². The number of ether oxygens (including phenoxy) is 1. The Morgan fingerprint density at radius 1 is 1.45 bits per heavy atom. The Balaban J connectivity index is 2.32. The molecule has 1 aromatic rings. The van der Waals surface area contributed by atoms with Gasteiger partial charge in [0.15, 0.2) is 0 Å². The van der Waals surface area contributed by atoms with Crippen LogP contribution in [-0.4, -0.2) is 32.8 Å². The monoisotopic (exact) mass is 273 g/mol. The first-order valence-corrected chi connectivity index (χ1v) is 7.06. The van der Waals surface area contributed by atoms with Crippen LogP contribution in [-0.2, 0) is 5.41 Å². The average molecular weight is 273 g/mol. The van der Waals surface area contributed by atoms with Crippen LogP contribution in [0.1, 0.15) is 26.3 Å². The Morgan fingerprint density at radius 2 is 2.20 bits per heavy atom. The number of nitrogens with zero attached hydrogens (tertiary/aromatic N) is 2. The number of anilines is 1. The summed E-state index contributed by atoms with van der Waals surface area (Å²) in [4.78, 5) is 2.35. The lowest BCUT2D eigenvalue weighted by molar-refractivity contribution is 0.402. The van der Waals surface area contributed by atoms with E-state index >= 15 is 0 Å². The minimum atomic E-state index is -0.541. The smallest absolute Gasteiger partial charge is 0.125 e. The molecule has 0 saturated carbocycles. The van der Waals surface area contributed by atoms with Crippen LogP contribution in [0, 0.1) is 11.3 Å². The number of nitrogens with one attached hydrogen (secondary N) is 1. The normalized spacial score (nSPS) is 19.6. The number of rotatable bonds is 3. The van der Waals surface area contributed by atoms with Gasteiger partial charge in [0, 0.05) is 43.0 Å². The van der Waals surface area contributed by atoms with E-state index < -0.39 is 5.41 Å². The van der Waals surface area contributed by atoms with Crippen molar-refractivity contribution in [3.63, 3.8) is 0 Å². The molecule has 0 spiro atoms. The number of methoxy groups -OCH3 is 1. The summed E-state index contributed by atoms with van der Waals surface area (Å²) in [5.41, 5.74) is 1.56. The molecule has 1 heterocycles. The Labute approximate surface area is 121 Å². The second kappa shape index (κ2) is 5.72. The fourth-order valence-corrected chi connectivity index (χ4v) is 2.62. The molecule has 1 atom stereocenters. The van der Waals surface area contributed by atoms with Gasteiger partial charge in [-0.1, -0.05) is 6.07 Å². The van der Waals surface area contributed by atoms with Crippen molar-refractivity contribution in [2.45, 2.75) is 32.2 Å². The molecule has 2 rings (SSSR count). The summed E-state index contributed by atoms with van der Waals surface area (Å²) >= 11 is 0. The zero-order valence-electron chi connectivity index (χ0n) is 12.7. The molecule has 0 aromatic heterocycles. The maximum absolute atomic E-state index is 9.30. The number of hydrogen-bond acceptors (Lipinski definition) is 4. The standard InChI is InChI=1S/C16H23N3O/c1-12-10-19(8-7-18-12)13-5-6-14(15(9-13)20-4)16(2,3)11-17/h5-6,9,12,18H,7-8,10H2,1-4H3/t12-/m1/s1. The van der Waals surface area contributed by atoms with Crippen molar-refractivity contribution in [1.29, 1.82) is 5.26 Å². The third-order valence-corrected chi connectivity index (χ3v) is 3.87. The Bertz CT molecular complexity index is 519.